The summed E-state index contributed by atoms with van der Waals surface area (Å²) >= 11 is 0. The van der Waals surface area contributed by atoms with Crippen LogP contribution in [0.25, 0.3) is 5.57 Å². The first kappa shape index (κ1) is 16.6. The van der Waals surface area contributed by atoms with E-state index in [4.69, 9.17) is 53.4 Å². The Bertz CT molecular complexity index is 510. The number of allylic oxidation sites excluding steroid dienone is 2. The molecule has 0 amide bonds. The molecule has 0 aliphatic heterocycles. The SMILES string of the molecule is C=C(C)/C(=C(\C)c1ccccc1)S(Cl)(Cl)(Cl)(Cl)Cl. The van der Waals surface area contributed by atoms with Crippen molar-refractivity contribution in [3.05, 3.63) is 53.0 Å². The normalized spacial score (nSPS) is 17.5. The van der Waals surface area contributed by atoms with Crippen molar-refractivity contribution in [2.45, 2.75) is 13.8 Å². The van der Waals surface area contributed by atoms with Crippen molar-refractivity contribution < 1.29 is 0 Å². The van der Waals surface area contributed by atoms with Gasteiger partial charge in [-0.15, -0.1) is 0 Å². The molecule has 0 radical (unpaired) electrons. The van der Waals surface area contributed by atoms with Gasteiger partial charge in [0.05, 0.1) is 0 Å². The van der Waals surface area contributed by atoms with Gasteiger partial charge in [-0.1, -0.05) is 36.9 Å². The Morgan fingerprint density at radius 2 is 1.39 bits per heavy atom. The summed E-state index contributed by atoms with van der Waals surface area (Å²) in [7, 11) is 30.6. The van der Waals surface area contributed by atoms with Gasteiger partial charge in [0.1, 0.15) is 0 Å². The molecule has 0 aliphatic carbocycles. The maximum Gasteiger partial charge on any atom is 0.0445 e. The lowest BCUT2D eigenvalue weighted by Crippen LogP contribution is -2.05. The third-order valence-electron chi connectivity index (χ3n) is 2.32. The molecule has 0 atom stereocenters. The van der Waals surface area contributed by atoms with Crippen molar-refractivity contribution in [1.82, 2.24) is 0 Å². The third kappa shape index (κ3) is 4.26. The molecule has 1 aromatic rings. The van der Waals surface area contributed by atoms with Gasteiger partial charge in [-0.25, -0.2) is 0 Å². The maximum atomic E-state index is 6.11. The molecule has 0 spiro atoms. The fraction of sp³-hybridized carbons (Fsp3) is 0.167. The molecule has 0 heterocycles. The highest BCUT2D eigenvalue weighted by molar-refractivity contribution is 9.25. The summed E-state index contributed by atoms with van der Waals surface area (Å²) in [5, 5.41) is 0. The molecule has 18 heavy (non-hydrogen) atoms. The van der Waals surface area contributed by atoms with Gasteiger partial charge in [0.15, 0.2) is 0 Å². The van der Waals surface area contributed by atoms with Crippen LogP contribution >= 0.6 is 57.8 Å². The number of benzene rings is 1. The minimum atomic E-state index is -4.87. The minimum absolute atomic E-state index is 0.273. The molecule has 1 aromatic carbocycles. The van der Waals surface area contributed by atoms with Crippen LogP contribution < -0.4 is 0 Å². The van der Waals surface area contributed by atoms with Crippen LogP contribution in [-0.2, 0) is 0 Å². The zero-order valence-corrected chi connectivity index (χ0v) is 14.5. The van der Waals surface area contributed by atoms with Crippen LogP contribution in [0.3, 0.4) is 0 Å². The molecule has 0 aromatic heterocycles. The predicted molar refractivity (Wildman–Crippen MR) is 90.7 cm³/mol. The van der Waals surface area contributed by atoms with Crippen molar-refractivity contribution in [2.24, 2.45) is 0 Å². The van der Waals surface area contributed by atoms with E-state index in [1.807, 2.05) is 30.3 Å². The Labute approximate surface area is 129 Å². The minimum Gasteiger partial charge on any atom is -0.0949 e. The van der Waals surface area contributed by atoms with Gasteiger partial charge in [0.2, 0.25) is 0 Å². The fourth-order valence-corrected chi connectivity index (χ4v) is 6.82. The topological polar surface area (TPSA) is 0 Å². The standard InChI is InChI=1S/C12H13Cl5S/c1-9(2)12(18(13,14,15,16)17)10(3)11-7-5-4-6-8-11/h4-8H,1H2,2-3H3/b12-10-. The first-order valence-electron chi connectivity index (χ1n) is 4.99. The Morgan fingerprint density at radius 1 is 0.944 bits per heavy atom. The average Bonchev–Trinajstić information content (AvgIpc) is 2.13. The molecule has 0 unspecified atom stereocenters. The van der Waals surface area contributed by atoms with Gasteiger partial charge in [-0.3, -0.25) is 0 Å². The van der Waals surface area contributed by atoms with E-state index in [0.29, 0.717) is 11.1 Å². The number of hydrogen-bond acceptors (Lipinski definition) is 0. The summed E-state index contributed by atoms with van der Waals surface area (Å²) in [6, 6.07) is 9.44. The second-order valence-electron chi connectivity index (χ2n) is 4.07. The summed E-state index contributed by atoms with van der Waals surface area (Å²) < 4.78 is -4.87. The smallest absolute Gasteiger partial charge is 0.0445 e. The van der Waals surface area contributed by atoms with Crippen LogP contribution in [0.2, 0.25) is 0 Å². The second kappa shape index (κ2) is 4.51. The van der Waals surface area contributed by atoms with Gasteiger partial charge in [-0.2, -0.15) is 0 Å². The molecule has 102 valence electrons. The van der Waals surface area contributed by atoms with Crippen LogP contribution in [0, 0.1) is 0 Å². The van der Waals surface area contributed by atoms with Crippen molar-refractivity contribution >= 4 is 63.3 Å². The van der Waals surface area contributed by atoms with Crippen molar-refractivity contribution in [2.75, 3.05) is 0 Å². The van der Waals surface area contributed by atoms with E-state index in [1.165, 1.54) is 0 Å². The molecular weight excluding hydrogens is 353 g/mol. The number of rotatable bonds is 3. The highest BCUT2D eigenvalue weighted by atomic mass is 36.6. The van der Waals surface area contributed by atoms with Crippen LogP contribution in [0.4, 0.5) is 0 Å². The Balaban J connectivity index is 3.64. The first-order valence-corrected chi connectivity index (χ1v) is 11.6. The Morgan fingerprint density at radius 3 is 1.72 bits per heavy atom. The summed E-state index contributed by atoms with van der Waals surface area (Å²) in [4.78, 5) is 0.273. The zero-order valence-electron chi connectivity index (χ0n) is 9.89. The molecule has 1 rings (SSSR count). The Kier molecular flexibility index (Phi) is 4.15. The van der Waals surface area contributed by atoms with E-state index in [0.717, 1.165) is 5.56 Å². The van der Waals surface area contributed by atoms with Crippen molar-refractivity contribution in [1.29, 1.82) is 0 Å². The molecule has 0 saturated carbocycles. The monoisotopic (exact) mass is 364 g/mol. The van der Waals surface area contributed by atoms with E-state index >= 15 is 0 Å². The highest BCUT2D eigenvalue weighted by Crippen LogP contribution is 3.13. The van der Waals surface area contributed by atoms with E-state index < -0.39 is 4.36 Å². The molecule has 0 bridgehead atoms. The summed E-state index contributed by atoms with van der Waals surface area (Å²) in [6.45, 7) is 7.32. The molecule has 0 aliphatic rings. The largest absolute Gasteiger partial charge is 0.0949 e. The van der Waals surface area contributed by atoms with Crippen LogP contribution in [0.5, 0.6) is 0 Å². The van der Waals surface area contributed by atoms with Crippen molar-refractivity contribution in [3.63, 3.8) is 0 Å². The summed E-state index contributed by atoms with van der Waals surface area (Å²) in [5.74, 6) is 0. The fourth-order valence-electron chi connectivity index (χ4n) is 1.76. The predicted octanol–water partition coefficient (Wildman–Crippen LogP) is 7.64. The van der Waals surface area contributed by atoms with Crippen molar-refractivity contribution in [3.8, 4) is 0 Å². The van der Waals surface area contributed by atoms with Gasteiger partial charge < -0.3 is 0 Å². The summed E-state index contributed by atoms with van der Waals surface area (Å²) in [5.41, 5.74) is 2.11. The van der Waals surface area contributed by atoms with Crippen LogP contribution in [0.1, 0.15) is 19.4 Å². The quantitative estimate of drug-likeness (QED) is 0.482. The first-order chi connectivity index (χ1) is 7.83. The van der Waals surface area contributed by atoms with Crippen LogP contribution in [0.15, 0.2) is 47.4 Å². The zero-order chi connectivity index (χ0) is 14.3. The average molecular weight is 367 g/mol. The molecule has 0 saturated heterocycles. The van der Waals surface area contributed by atoms with E-state index in [1.54, 1.807) is 13.8 Å². The van der Waals surface area contributed by atoms with Gasteiger partial charge in [0, 0.05) is 9.27 Å². The molecule has 6 heteroatoms. The highest BCUT2D eigenvalue weighted by Gasteiger charge is 2.56. The van der Waals surface area contributed by atoms with E-state index in [-0.39, 0.29) is 4.91 Å². The maximum absolute atomic E-state index is 6.11. The lowest BCUT2D eigenvalue weighted by molar-refractivity contribution is 1.48. The number of hydrogen-bond donors (Lipinski definition) is 0. The van der Waals surface area contributed by atoms with E-state index in [2.05, 4.69) is 6.58 Å². The van der Waals surface area contributed by atoms with E-state index in [9.17, 15) is 0 Å². The summed E-state index contributed by atoms with van der Waals surface area (Å²) in [6.07, 6.45) is 0. The van der Waals surface area contributed by atoms with Gasteiger partial charge >= 0.3 is 0 Å². The Hall–Kier alpha value is 0.500. The molecule has 0 N–H and O–H groups in total. The number of halogens is 5. The lowest BCUT2D eigenvalue weighted by Gasteiger charge is -2.53. The second-order valence-corrected chi connectivity index (χ2v) is 22.7. The van der Waals surface area contributed by atoms with Crippen LogP contribution in [-0.4, -0.2) is 0 Å². The lowest BCUT2D eigenvalue weighted by atomic mass is 10.1. The molecular formula is C12H13Cl5S. The van der Waals surface area contributed by atoms with Gasteiger partial charge in [0.25, 0.3) is 0 Å². The molecule has 0 fully saturated rings. The molecule has 0 nitrogen and oxygen atoms in total. The van der Waals surface area contributed by atoms with Gasteiger partial charge in [-0.05, 0) is 84.0 Å². The third-order valence-corrected chi connectivity index (χ3v) is 6.06.